The molecule has 1 aliphatic heterocycles. The van der Waals surface area contributed by atoms with Crippen molar-refractivity contribution >= 4 is 0 Å². The van der Waals surface area contributed by atoms with Gasteiger partial charge >= 0.3 is 0 Å². The fourth-order valence-corrected chi connectivity index (χ4v) is 1.37. The first-order valence-electron chi connectivity index (χ1n) is 4.99. The van der Waals surface area contributed by atoms with Crippen molar-refractivity contribution in [2.45, 2.75) is 33.7 Å². The summed E-state index contributed by atoms with van der Waals surface area (Å²) < 4.78 is 13.1. The van der Waals surface area contributed by atoms with Gasteiger partial charge in [-0.15, -0.1) is 0 Å². The van der Waals surface area contributed by atoms with Gasteiger partial charge in [-0.3, -0.25) is 0 Å². The fourth-order valence-electron chi connectivity index (χ4n) is 1.37. The average molecular weight is 213 g/mol. The molecule has 1 atom stereocenters. The summed E-state index contributed by atoms with van der Waals surface area (Å²) >= 11 is 0. The van der Waals surface area contributed by atoms with Gasteiger partial charge in [0.15, 0.2) is 0 Å². The summed E-state index contributed by atoms with van der Waals surface area (Å²) in [6.45, 7) is 4.65. The second-order valence-corrected chi connectivity index (χ2v) is 2.83. The molecule has 1 saturated heterocycles. The maximum atomic E-state index is 13.1. The molecule has 0 aromatic heterocycles. The molecule has 1 aromatic rings. The molecule has 15 heavy (non-hydrogen) atoms. The van der Waals surface area contributed by atoms with Gasteiger partial charge < -0.3 is 4.84 Å². The van der Waals surface area contributed by atoms with E-state index in [0.29, 0.717) is 12.2 Å². The van der Waals surface area contributed by atoms with Crippen LogP contribution in [0.1, 0.15) is 39.3 Å². The number of hydrogen-bond acceptors (Lipinski definition) is 2. The number of nitrogens with one attached hydrogen (secondary N) is 1. The van der Waals surface area contributed by atoms with Crippen LogP contribution in [0.2, 0.25) is 0 Å². The standard InChI is InChI=1S/C9H10FNO.C2H6.CH4/c10-8-4-2-1-3-7(8)9-5-6-12-11-9;1-2;/h1-4,9,11H,5-6H2;1-2H3;1H4. The van der Waals surface area contributed by atoms with Crippen LogP contribution < -0.4 is 5.48 Å². The molecule has 0 amide bonds. The first-order chi connectivity index (χ1) is 6.88. The van der Waals surface area contributed by atoms with Gasteiger partial charge in [0, 0.05) is 5.56 Å². The van der Waals surface area contributed by atoms with E-state index >= 15 is 0 Å². The van der Waals surface area contributed by atoms with Crippen LogP contribution in [0.25, 0.3) is 0 Å². The van der Waals surface area contributed by atoms with Crippen molar-refractivity contribution in [3.63, 3.8) is 0 Å². The Labute approximate surface area is 91.4 Å². The minimum absolute atomic E-state index is 0. The second kappa shape index (κ2) is 7.37. The Morgan fingerprint density at radius 3 is 2.53 bits per heavy atom. The molecule has 1 unspecified atom stereocenters. The summed E-state index contributed by atoms with van der Waals surface area (Å²) in [4.78, 5) is 4.95. The van der Waals surface area contributed by atoms with E-state index in [1.165, 1.54) is 6.07 Å². The van der Waals surface area contributed by atoms with Crippen molar-refractivity contribution in [3.8, 4) is 0 Å². The number of benzene rings is 1. The highest BCUT2D eigenvalue weighted by atomic mass is 19.1. The predicted octanol–water partition coefficient (Wildman–Crippen LogP) is 3.45. The number of hydroxylamine groups is 1. The van der Waals surface area contributed by atoms with E-state index in [1.54, 1.807) is 12.1 Å². The van der Waals surface area contributed by atoms with E-state index in [2.05, 4.69) is 5.48 Å². The molecule has 1 aliphatic rings. The van der Waals surface area contributed by atoms with Crippen molar-refractivity contribution in [1.29, 1.82) is 0 Å². The molecule has 0 spiro atoms. The molecule has 2 rings (SSSR count). The van der Waals surface area contributed by atoms with Crippen LogP contribution in [0.4, 0.5) is 4.39 Å². The normalized spacial score (nSPS) is 18.7. The van der Waals surface area contributed by atoms with Crippen LogP contribution in [0, 0.1) is 5.82 Å². The summed E-state index contributed by atoms with van der Waals surface area (Å²) in [6, 6.07) is 6.79. The summed E-state index contributed by atoms with van der Waals surface area (Å²) in [5.41, 5.74) is 3.46. The van der Waals surface area contributed by atoms with Gasteiger partial charge in [-0.2, -0.15) is 5.48 Å². The number of hydrogen-bond donors (Lipinski definition) is 1. The molecule has 1 aromatic carbocycles. The van der Waals surface area contributed by atoms with Gasteiger partial charge in [-0.25, -0.2) is 4.39 Å². The molecule has 0 aliphatic carbocycles. The van der Waals surface area contributed by atoms with Gasteiger partial charge in [-0.05, 0) is 12.5 Å². The van der Waals surface area contributed by atoms with Gasteiger partial charge in [-0.1, -0.05) is 39.5 Å². The fraction of sp³-hybridized carbons (Fsp3) is 0.500. The first-order valence-corrected chi connectivity index (χ1v) is 4.99. The van der Waals surface area contributed by atoms with Crippen molar-refractivity contribution in [1.82, 2.24) is 5.48 Å². The predicted molar refractivity (Wildman–Crippen MR) is 60.9 cm³/mol. The van der Waals surface area contributed by atoms with E-state index in [1.807, 2.05) is 19.9 Å². The van der Waals surface area contributed by atoms with Gasteiger partial charge in [0.1, 0.15) is 5.82 Å². The maximum Gasteiger partial charge on any atom is 0.128 e. The van der Waals surface area contributed by atoms with E-state index in [9.17, 15) is 4.39 Å². The topological polar surface area (TPSA) is 21.3 Å². The third-order valence-electron chi connectivity index (χ3n) is 2.01. The lowest BCUT2D eigenvalue weighted by Crippen LogP contribution is -2.12. The second-order valence-electron chi connectivity index (χ2n) is 2.83. The molecule has 2 nitrogen and oxygen atoms in total. The van der Waals surface area contributed by atoms with Crippen LogP contribution in [0.3, 0.4) is 0 Å². The number of rotatable bonds is 1. The molecule has 1 N–H and O–H groups in total. The smallest absolute Gasteiger partial charge is 0.128 e. The Bertz CT molecular complexity index is 272. The molecule has 0 saturated carbocycles. The molecule has 1 fully saturated rings. The largest absolute Gasteiger partial charge is 0.301 e. The third-order valence-corrected chi connectivity index (χ3v) is 2.01. The van der Waals surface area contributed by atoms with Gasteiger partial charge in [0.2, 0.25) is 0 Å². The quantitative estimate of drug-likeness (QED) is 0.771. The lowest BCUT2D eigenvalue weighted by molar-refractivity contribution is 0.0877. The van der Waals surface area contributed by atoms with Crippen molar-refractivity contribution in [2.24, 2.45) is 0 Å². The van der Waals surface area contributed by atoms with Gasteiger partial charge in [0.05, 0.1) is 12.6 Å². The molecular weight excluding hydrogens is 193 g/mol. The Balaban J connectivity index is 0.000000617. The minimum Gasteiger partial charge on any atom is -0.301 e. The lowest BCUT2D eigenvalue weighted by atomic mass is 10.1. The highest BCUT2D eigenvalue weighted by Gasteiger charge is 2.19. The van der Waals surface area contributed by atoms with E-state index in [4.69, 9.17) is 4.84 Å². The minimum atomic E-state index is -0.166. The van der Waals surface area contributed by atoms with Crippen LogP contribution in [-0.4, -0.2) is 6.61 Å². The Morgan fingerprint density at radius 1 is 1.33 bits per heavy atom. The van der Waals surface area contributed by atoms with Crippen LogP contribution >= 0.6 is 0 Å². The monoisotopic (exact) mass is 213 g/mol. The lowest BCUT2D eigenvalue weighted by Gasteiger charge is -2.08. The SMILES string of the molecule is C.CC.Fc1ccccc1C1CCON1. The molecule has 1 heterocycles. The summed E-state index contributed by atoms with van der Waals surface area (Å²) in [6.07, 6.45) is 0.834. The van der Waals surface area contributed by atoms with Crippen LogP contribution in [-0.2, 0) is 4.84 Å². The highest BCUT2D eigenvalue weighted by molar-refractivity contribution is 5.21. The van der Waals surface area contributed by atoms with E-state index < -0.39 is 0 Å². The molecule has 3 heteroatoms. The van der Waals surface area contributed by atoms with Crippen molar-refractivity contribution in [2.75, 3.05) is 6.61 Å². The summed E-state index contributed by atoms with van der Waals surface area (Å²) in [7, 11) is 0. The number of halogens is 1. The van der Waals surface area contributed by atoms with Crippen molar-refractivity contribution < 1.29 is 9.23 Å². The molecule has 0 radical (unpaired) electrons. The average Bonchev–Trinajstić information content (AvgIpc) is 2.75. The van der Waals surface area contributed by atoms with Crippen LogP contribution in [0.15, 0.2) is 24.3 Å². The van der Waals surface area contributed by atoms with Gasteiger partial charge in [0.25, 0.3) is 0 Å². The molecular formula is C12H20FNO. The third kappa shape index (κ3) is 3.61. The zero-order valence-electron chi connectivity index (χ0n) is 8.59. The van der Waals surface area contributed by atoms with Crippen molar-refractivity contribution in [3.05, 3.63) is 35.6 Å². The summed E-state index contributed by atoms with van der Waals surface area (Å²) in [5, 5.41) is 0. The highest BCUT2D eigenvalue weighted by Crippen LogP contribution is 2.22. The zero-order valence-corrected chi connectivity index (χ0v) is 8.59. The van der Waals surface area contributed by atoms with Crippen LogP contribution in [0.5, 0.6) is 0 Å². The molecule has 86 valence electrons. The van der Waals surface area contributed by atoms with E-state index in [0.717, 1.165) is 6.42 Å². The Morgan fingerprint density at radius 2 is 2.00 bits per heavy atom. The summed E-state index contributed by atoms with van der Waals surface area (Å²) in [5.74, 6) is -0.166. The molecule has 0 bridgehead atoms. The maximum absolute atomic E-state index is 13.1. The first kappa shape index (κ1) is 14.1. The Hall–Kier alpha value is -0.930. The zero-order chi connectivity index (χ0) is 10.4. The Kier molecular flexibility index (Phi) is 6.92. The van der Waals surface area contributed by atoms with E-state index in [-0.39, 0.29) is 19.3 Å².